The number of carboxylic acids is 1. The van der Waals surface area contributed by atoms with E-state index in [1.54, 1.807) is 12.1 Å². The first-order valence-electron chi connectivity index (χ1n) is 7.99. The van der Waals surface area contributed by atoms with Crippen LogP contribution >= 0.6 is 0 Å². The number of hydrogen-bond donors (Lipinski definition) is 4. The van der Waals surface area contributed by atoms with Gasteiger partial charge in [-0.3, -0.25) is 14.7 Å². The minimum absolute atomic E-state index is 0.262. The third-order valence-corrected chi connectivity index (χ3v) is 3.74. The predicted octanol–water partition coefficient (Wildman–Crippen LogP) is 2.03. The summed E-state index contributed by atoms with van der Waals surface area (Å²) in [6.07, 6.45) is 0. The van der Waals surface area contributed by atoms with Crippen molar-refractivity contribution in [1.29, 1.82) is 0 Å². The van der Waals surface area contributed by atoms with Crippen molar-refractivity contribution in [3.63, 3.8) is 0 Å². The van der Waals surface area contributed by atoms with Crippen molar-refractivity contribution in [2.24, 2.45) is 0 Å². The van der Waals surface area contributed by atoms with Crippen LogP contribution in [0.3, 0.4) is 0 Å². The number of nitrogens with one attached hydrogen (secondary N) is 2. The topological polar surface area (TPSA) is 130 Å². The van der Waals surface area contributed by atoms with Crippen LogP contribution in [0.5, 0.6) is 5.75 Å². The van der Waals surface area contributed by atoms with Gasteiger partial charge in [0, 0.05) is 22.2 Å². The van der Waals surface area contributed by atoms with Gasteiger partial charge in [-0.1, -0.05) is 0 Å². The highest BCUT2D eigenvalue weighted by Crippen LogP contribution is 2.31. The number of aromatic nitrogens is 2. The molecule has 0 aliphatic rings. The fraction of sp³-hybridized carbons (Fsp3) is 0.167. The van der Waals surface area contributed by atoms with Crippen molar-refractivity contribution >= 4 is 28.5 Å². The van der Waals surface area contributed by atoms with E-state index in [1.807, 2.05) is 25.1 Å². The SMILES string of the molecule is CCOc1ccc2[nH]nc(-c3cc(N)cc(C(=O)NCC(=O)O)c3)c2c1. The molecule has 0 unspecified atom stereocenters. The molecule has 0 atom stereocenters. The van der Waals surface area contributed by atoms with Crippen LogP contribution in [0.25, 0.3) is 22.2 Å². The van der Waals surface area contributed by atoms with Crippen molar-refractivity contribution in [1.82, 2.24) is 15.5 Å². The highest BCUT2D eigenvalue weighted by molar-refractivity contribution is 6.00. The van der Waals surface area contributed by atoms with Gasteiger partial charge in [0.1, 0.15) is 18.0 Å². The standard InChI is InChI=1S/C18H18N4O4/c1-2-26-13-3-4-15-14(8-13)17(22-21-15)10-5-11(7-12(19)6-10)18(25)20-9-16(23)24/h3-8H,2,9,19H2,1H3,(H,20,25)(H,21,22)(H,23,24). The van der Waals surface area contributed by atoms with Crippen LogP contribution in [0.4, 0.5) is 5.69 Å². The molecule has 0 aliphatic heterocycles. The smallest absolute Gasteiger partial charge is 0.322 e. The molecule has 3 rings (SSSR count). The number of amides is 1. The number of carbonyl (C=O) groups is 2. The number of aliphatic carboxylic acids is 1. The van der Waals surface area contributed by atoms with Crippen molar-refractivity contribution in [3.8, 4) is 17.0 Å². The second-order valence-electron chi connectivity index (χ2n) is 5.63. The molecule has 0 bridgehead atoms. The van der Waals surface area contributed by atoms with E-state index < -0.39 is 18.4 Å². The number of hydrogen-bond acceptors (Lipinski definition) is 5. The molecule has 1 heterocycles. The van der Waals surface area contributed by atoms with Gasteiger partial charge in [0.25, 0.3) is 5.91 Å². The second-order valence-corrected chi connectivity index (χ2v) is 5.63. The number of fused-ring (bicyclic) bond motifs is 1. The fourth-order valence-corrected chi connectivity index (χ4v) is 2.65. The molecule has 134 valence electrons. The molecular weight excluding hydrogens is 336 g/mol. The van der Waals surface area contributed by atoms with Crippen LogP contribution in [-0.4, -0.2) is 40.3 Å². The van der Waals surface area contributed by atoms with Crippen LogP contribution < -0.4 is 15.8 Å². The number of nitrogens with two attached hydrogens (primary N) is 1. The minimum Gasteiger partial charge on any atom is -0.494 e. The monoisotopic (exact) mass is 354 g/mol. The van der Waals surface area contributed by atoms with Crippen LogP contribution in [-0.2, 0) is 4.79 Å². The zero-order chi connectivity index (χ0) is 18.7. The number of nitrogen functional groups attached to an aromatic ring is 1. The summed E-state index contributed by atoms with van der Waals surface area (Å²) in [5.41, 5.74) is 8.65. The molecule has 0 saturated carbocycles. The average Bonchev–Trinajstić information content (AvgIpc) is 3.02. The van der Waals surface area contributed by atoms with E-state index in [1.165, 1.54) is 6.07 Å². The quantitative estimate of drug-likeness (QED) is 0.501. The lowest BCUT2D eigenvalue weighted by atomic mass is 10.0. The number of carboxylic acid groups (broad SMARTS) is 1. The van der Waals surface area contributed by atoms with Gasteiger partial charge >= 0.3 is 5.97 Å². The molecule has 2 aromatic carbocycles. The Bertz CT molecular complexity index is 980. The molecule has 0 aliphatic carbocycles. The zero-order valence-corrected chi connectivity index (χ0v) is 14.1. The van der Waals surface area contributed by atoms with Crippen LogP contribution in [0.15, 0.2) is 36.4 Å². The maximum absolute atomic E-state index is 12.1. The lowest BCUT2D eigenvalue weighted by molar-refractivity contribution is -0.135. The summed E-state index contributed by atoms with van der Waals surface area (Å²) in [6.45, 7) is 1.98. The van der Waals surface area contributed by atoms with Crippen molar-refractivity contribution in [3.05, 3.63) is 42.0 Å². The fourth-order valence-electron chi connectivity index (χ4n) is 2.65. The van der Waals surface area contributed by atoms with E-state index in [9.17, 15) is 9.59 Å². The number of anilines is 1. The predicted molar refractivity (Wildman–Crippen MR) is 97.1 cm³/mol. The van der Waals surface area contributed by atoms with Gasteiger partial charge in [-0.25, -0.2) is 0 Å². The molecule has 1 aromatic heterocycles. The molecule has 26 heavy (non-hydrogen) atoms. The molecular formula is C18H18N4O4. The van der Waals surface area contributed by atoms with E-state index in [2.05, 4.69) is 15.5 Å². The Hall–Kier alpha value is -3.55. The molecule has 8 heteroatoms. The molecule has 0 spiro atoms. The molecule has 1 amide bonds. The molecule has 5 N–H and O–H groups in total. The van der Waals surface area contributed by atoms with E-state index in [0.29, 0.717) is 29.3 Å². The van der Waals surface area contributed by atoms with E-state index in [-0.39, 0.29) is 5.56 Å². The van der Waals surface area contributed by atoms with E-state index in [0.717, 1.165) is 10.9 Å². The largest absolute Gasteiger partial charge is 0.494 e. The Morgan fingerprint density at radius 1 is 1.27 bits per heavy atom. The van der Waals surface area contributed by atoms with Gasteiger partial charge in [-0.05, 0) is 43.3 Å². The number of aromatic amines is 1. The third-order valence-electron chi connectivity index (χ3n) is 3.74. The van der Waals surface area contributed by atoms with Gasteiger partial charge in [0.2, 0.25) is 0 Å². The maximum Gasteiger partial charge on any atom is 0.322 e. The molecule has 0 saturated heterocycles. The number of nitrogens with zero attached hydrogens (tertiary/aromatic N) is 1. The first kappa shape index (κ1) is 17.3. The van der Waals surface area contributed by atoms with Crippen LogP contribution in [0.2, 0.25) is 0 Å². The summed E-state index contributed by atoms with van der Waals surface area (Å²) in [4.78, 5) is 22.8. The Morgan fingerprint density at radius 2 is 2.08 bits per heavy atom. The first-order chi connectivity index (χ1) is 12.5. The lowest BCUT2D eigenvalue weighted by Crippen LogP contribution is -2.29. The third kappa shape index (κ3) is 3.59. The number of rotatable bonds is 6. The van der Waals surface area contributed by atoms with Crippen LogP contribution in [0.1, 0.15) is 17.3 Å². The summed E-state index contributed by atoms with van der Waals surface area (Å²) in [5.74, 6) is -0.925. The average molecular weight is 354 g/mol. The second kappa shape index (κ2) is 7.14. The van der Waals surface area contributed by atoms with Crippen molar-refractivity contribution in [2.45, 2.75) is 6.92 Å². The van der Waals surface area contributed by atoms with Gasteiger partial charge in [-0.2, -0.15) is 5.10 Å². The Morgan fingerprint density at radius 3 is 2.81 bits per heavy atom. The normalized spacial score (nSPS) is 10.7. The van der Waals surface area contributed by atoms with Gasteiger partial charge in [0.15, 0.2) is 0 Å². The number of benzene rings is 2. The zero-order valence-electron chi connectivity index (χ0n) is 14.1. The van der Waals surface area contributed by atoms with Gasteiger partial charge < -0.3 is 20.9 Å². The molecule has 8 nitrogen and oxygen atoms in total. The highest BCUT2D eigenvalue weighted by Gasteiger charge is 2.14. The minimum atomic E-state index is -1.12. The van der Waals surface area contributed by atoms with E-state index >= 15 is 0 Å². The Balaban J connectivity index is 2.01. The summed E-state index contributed by atoms with van der Waals surface area (Å²) < 4.78 is 5.53. The summed E-state index contributed by atoms with van der Waals surface area (Å²) in [7, 11) is 0. The van der Waals surface area contributed by atoms with Gasteiger partial charge in [-0.15, -0.1) is 0 Å². The maximum atomic E-state index is 12.1. The van der Waals surface area contributed by atoms with E-state index in [4.69, 9.17) is 15.6 Å². The van der Waals surface area contributed by atoms with Crippen molar-refractivity contribution in [2.75, 3.05) is 18.9 Å². The number of H-pyrrole nitrogens is 1. The highest BCUT2D eigenvalue weighted by atomic mass is 16.5. The summed E-state index contributed by atoms with van der Waals surface area (Å²) in [6, 6.07) is 10.4. The summed E-state index contributed by atoms with van der Waals surface area (Å²) >= 11 is 0. The van der Waals surface area contributed by atoms with Gasteiger partial charge in [0.05, 0.1) is 12.1 Å². The first-order valence-corrected chi connectivity index (χ1v) is 7.99. The molecule has 0 fully saturated rings. The Labute approximate surface area is 149 Å². The lowest BCUT2D eigenvalue weighted by Gasteiger charge is -2.07. The summed E-state index contributed by atoms with van der Waals surface area (Å²) in [5, 5.41) is 19.1. The number of ether oxygens (including phenoxy) is 1. The molecule has 3 aromatic rings. The van der Waals surface area contributed by atoms with Crippen molar-refractivity contribution < 1.29 is 19.4 Å². The Kier molecular flexibility index (Phi) is 4.74. The van der Waals surface area contributed by atoms with Crippen LogP contribution in [0, 0.1) is 0 Å². The number of carbonyl (C=O) groups excluding carboxylic acids is 1. The molecule has 0 radical (unpaired) electrons.